The molecule has 0 spiro atoms. The molecule has 0 atom stereocenters. The molecule has 1 aromatic carbocycles. The zero-order valence-electron chi connectivity index (χ0n) is 11.8. The third-order valence-electron chi connectivity index (χ3n) is 3.29. The number of carbonyl (C=O) groups excluding carboxylic acids is 1. The summed E-state index contributed by atoms with van der Waals surface area (Å²) in [5.41, 5.74) is 3.50. The Labute approximate surface area is 113 Å². The highest BCUT2D eigenvalue weighted by atomic mass is 16.1. The van der Waals surface area contributed by atoms with E-state index in [1.807, 2.05) is 32.2 Å². The minimum atomic E-state index is -0.119. The molecule has 1 heterocycles. The van der Waals surface area contributed by atoms with E-state index in [1.54, 1.807) is 10.9 Å². The minimum absolute atomic E-state index is 0.119. The predicted octanol–water partition coefficient (Wildman–Crippen LogP) is 3.10. The van der Waals surface area contributed by atoms with Crippen LogP contribution in [0.1, 0.15) is 41.4 Å². The third kappa shape index (κ3) is 2.84. The molecule has 100 valence electrons. The molecule has 1 amide bonds. The lowest BCUT2D eigenvalue weighted by atomic mass is 10.0. The van der Waals surface area contributed by atoms with Gasteiger partial charge in [0.15, 0.2) is 0 Å². The first-order valence-electron chi connectivity index (χ1n) is 6.39. The molecule has 1 aromatic heterocycles. The Morgan fingerprint density at radius 3 is 2.68 bits per heavy atom. The van der Waals surface area contributed by atoms with Crippen LogP contribution < -0.4 is 5.32 Å². The van der Waals surface area contributed by atoms with Gasteiger partial charge in [-0.15, -0.1) is 0 Å². The van der Waals surface area contributed by atoms with E-state index in [0.717, 1.165) is 11.4 Å². The molecule has 4 heteroatoms. The van der Waals surface area contributed by atoms with Gasteiger partial charge in [-0.3, -0.25) is 9.48 Å². The average molecular weight is 257 g/mol. The van der Waals surface area contributed by atoms with Crippen LogP contribution >= 0.6 is 0 Å². The Hall–Kier alpha value is -2.10. The Bertz CT molecular complexity index is 599. The number of aryl methyl sites for hydroxylation is 1. The molecular formula is C15H19N3O. The second kappa shape index (κ2) is 5.26. The zero-order valence-corrected chi connectivity index (χ0v) is 11.8. The number of rotatable bonds is 3. The number of aromatic nitrogens is 2. The summed E-state index contributed by atoms with van der Waals surface area (Å²) in [6, 6.07) is 7.93. The monoisotopic (exact) mass is 257 g/mol. The summed E-state index contributed by atoms with van der Waals surface area (Å²) in [6.45, 7) is 6.14. The fourth-order valence-corrected chi connectivity index (χ4v) is 1.90. The van der Waals surface area contributed by atoms with Crippen molar-refractivity contribution in [3.05, 3.63) is 47.3 Å². The van der Waals surface area contributed by atoms with Gasteiger partial charge in [-0.05, 0) is 30.5 Å². The fraction of sp³-hybridized carbons (Fsp3) is 0.333. The number of hydrogen-bond acceptors (Lipinski definition) is 2. The summed E-state index contributed by atoms with van der Waals surface area (Å²) in [5, 5.41) is 7.00. The lowest BCUT2D eigenvalue weighted by molar-refractivity contribution is 0.102. The highest BCUT2D eigenvalue weighted by molar-refractivity contribution is 6.04. The van der Waals surface area contributed by atoms with Gasteiger partial charge in [0, 0.05) is 18.4 Å². The van der Waals surface area contributed by atoms with Gasteiger partial charge in [-0.1, -0.05) is 26.0 Å². The van der Waals surface area contributed by atoms with Crippen molar-refractivity contribution in [2.24, 2.45) is 7.05 Å². The summed E-state index contributed by atoms with van der Waals surface area (Å²) in [5.74, 6) is 0.323. The van der Waals surface area contributed by atoms with Gasteiger partial charge in [-0.25, -0.2) is 0 Å². The normalized spacial score (nSPS) is 10.8. The number of nitrogens with one attached hydrogen (secondary N) is 1. The standard InChI is InChI=1S/C15H19N3O/c1-10(2)12-6-5-7-13(8-12)17-15(19)14-9-16-18(4)11(14)3/h5-10H,1-4H3,(H,17,19). The zero-order chi connectivity index (χ0) is 14.0. The van der Waals surface area contributed by atoms with Crippen molar-refractivity contribution in [2.45, 2.75) is 26.7 Å². The van der Waals surface area contributed by atoms with Crippen molar-refractivity contribution in [3.63, 3.8) is 0 Å². The molecule has 1 N–H and O–H groups in total. The number of carbonyl (C=O) groups is 1. The second-order valence-electron chi connectivity index (χ2n) is 5.00. The molecule has 2 rings (SSSR count). The molecule has 4 nitrogen and oxygen atoms in total. The number of amides is 1. The molecule has 0 radical (unpaired) electrons. The summed E-state index contributed by atoms with van der Waals surface area (Å²) in [7, 11) is 1.82. The van der Waals surface area contributed by atoms with Gasteiger partial charge in [0.25, 0.3) is 5.91 Å². The van der Waals surface area contributed by atoms with E-state index in [0.29, 0.717) is 11.5 Å². The fourth-order valence-electron chi connectivity index (χ4n) is 1.90. The first-order chi connectivity index (χ1) is 8.99. The van der Waals surface area contributed by atoms with Gasteiger partial charge >= 0.3 is 0 Å². The predicted molar refractivity (Wildman–Crippen MR) is 76.4 cm³/mol. The maximum absolute atomic E-state index is 12.2. The van der Waals surface area contributed by atoms with Gasteiger partial charge in [0.05, 0.1) is 11.8 Å². The van der Waals surface area contributed by atoms with Crippen molar-refractivity contribution in [1.29, 1.82) is 0 Å². The quantitative estimate of drug-likeness (QED) is 0.918. The van der Waals surface area contributed by atoms with Crippen LogP contribution in [0.3, 0.4) is 0 Å². The van der Waals surface area contributed by atoms with Crippen molar-refractivity contribution < 1.29 is 4.79 Å². The van der Waals surface area contributed by atoms with E-state index in [9.17, 15) is 4.79 Å². The lowest BCUT2D eigenvalue weighted by Gasteiger charge is -2.09. The smallest absolute Gasteiger partial charge is 0.259 e. The Morgan fingerprint density at radius 2 is 2.11 bits per heavy atom. The Morgan fingerprint density at radius 1 is 1.37 bits per heavy atom. The van der Waals surface area contributed by atoms with Crippen LogP contribution in [-0.2, 0) is 7.05 Å². The minimum Gasteiger partial charge on any atom is -0.322 e. The highest BCUT2D eigenvalue weighted by Gasteiger charge is 2.13. The number of benzene rings is 1. The van der Waals surface area contributed by atoms with Crippen molar-refractivity contribution in [1.82, 2.24) is 9.78 Å². The molecule has 0 aliphatic carbocycles. The van der Waals surface area contributed by atoms with E-state index in [4.69, 9.17) is 0 Å². The molecule has 0 fully saturated rings. The average Bonchev–Trinajstić information content (AvgIpc) is 2.70. The van der Waals surface area contributed by atoms with Gasteiger partial charge < -0.3 is 5.32 Å². The van der Waals surface area contributed by atoms with E-state index in [2.05, 4.69) is 30.3 Å². The number of hydrogen-bond donors (Lipinski definition) is 1. The summed E-state index contributed by atoms with van der Waals surface area (Å²) in [4.78, 5) is 12.2. The molecule has 0 saturated heterocycles. The molecule has 0 bridgehead atoms. The molecule has 0 aliphatic rings. The van der Waals surface area contributed by atoms with Crippen molar-refractivity contribution in [3.8, 4) is 0 Å². The first kappa shape index (κ1) is 13.3. The van der Waals surface area contributed by atoms with Crippen LogP contribution in [-0.4, -0.2) is 15.7 Å². The molecule has 2 aromatic rings. The molecule has 0 aliphatic heterocycles. The van der Waals surface area contributed by atoms with Crippen molar-refractivity contribution in [2.75, 3.05) is 5.32 Å². The largest absolute Gasteiger partial charge is 0.322 e. The Balaban J connectivity index is 2.19. The maximum atomic E-state index is 12.2. The third-order valence-corrected chi connectivity index (χ3v) is 3.29. The van der Waals surface area contributed by atoms with Crippen LogP contribution in [0.25, 0.3) is 0 Å². The molecule has 0 saturated carbocycles. The summed E-state index contributed by atoms with van der Waals surface area (Å²) >= 11 is 0. The second-order valence-corrected chi connectivity index (χ2v) is 5.00. The lowest BCUT2D eigenvalue weighted by Crippen LogP contribution is -2.13. The van der Waals surface area contributed by atoms with Crippen LogP contribution in [0.15, 0.2) is 30.5 Å². The SMILES string of the molecule is Cc1c(C(=O)Nc2cccc(C(C)C)c2)cnn1C. The van der Waals surface area contributed by atoms with Crippen molar-refractivity contribution >= 4 is 11.6 Å². The van der Waals surface area contributed by atoms with Crippen LogP contribution in [0.5, 0.6) is 0 Å². The molecule has 19 heavy (non-hydrogen) atoms. The molecular weight excluding hydrogens is 238 g/mol. The highest BCUT2D eigenvalue weighted by Crippen LogP contribution is 2.19. The summed E-state index contributed by atoms with van der Waals surface area (Å²) < 4.78 is 1.69. The van der Waals surface area contributed by atoms with E-state index in [-0.39, 0.29) is 5.91 Å². The van der Waals surface area contributed by atoms with Crippen LogP contribution in [0.2, 0.25) is 0 Å². The topological polar surface area (TPSA) is 46.9 Å². The Kier molecular flexibility index (Phi) is 3.69. The molecule has 0 unspecified atom stereocenters. The van der Waals surface area contributed by atoms with E-state index >= 15 is 0 Å². The number of anilines is 1. The van der Waals surface area contributed by atoms with Gasteiger partial charge in [-0.2, -0.15) is 5.10 Å². The van der Waals surface area contributed by atoms with E-state index < -0.39 is 0 Å². The van der Waals surface area contributed by atoms with Gasteiger partial charge in [0.1, 0.15) is 0 Å². The number of nitrogens with zero attached hydrogens (tertiary/aromatic N) is 2. The van der Waals surface area contributed by atoms with E-state index in [1.165, 1.54) is 5.56 Å². The van der Waals surface area contributed by atoms with Gasteiger partial charge in [0.2, 0.25) is 0 Å². The van der Waals surface area contributed by atoms with Crippen LogP contribution in [0, 0.1) is 6.92 Å². The summed E-state index contributed by atoms with van der Waals surface area (Å²) in [6.07, 6.45) is 1.59. The first-order valence-corrected chi connectivity index (χ1v) is 6.39. The van der Waals surface area contributed by atoms with Crippen LogP contribution in [0.4, 0.5) is 5.69 Å². The maximum Gasteiger partial charge on any atom is 0.259 e.